The van der Waals surface area contributed by atoms with Crippen LogP contribution in [0.3, 0.4) is 0 Å². The van der Waals surface area contributed by atoms with Crippen molar-refractivity contribution in [1.29, 1.82) is 0 Å². The van der Waals surface area contributed by atoms with Gasteiger partial charge in [0.25, 0.3) is 0 Å². The molecule has 4 aliphatic carbocycles. The average molecular weight is 387 g/mol. The number of nitrogens with one attached hydrogen (secondary N) is 1. The Balaban J connectivity index is 1.38. The molecule has 0 bridgehead atoms. The highest BCUT2D eigenvalue weighted by molar-refractivity contribution is 5.85. The molecule has 1 spiro atoms. The number of carbonyl (C=O) groups excluding carboxylic acids is 2. The molecule has 0 aromatic heterocycles. The number of rotatable bonds is 2. The Labute approximate surface area is 165 Å². The standard InChI is InChI=1S/C22H29NO5/c1-20-10-16(25)17-13(14(20)5-6-22(20)26-7-8-27-22)4-3-12-9-15(23-11-24)18-19(28-18)21(12,17)2/h9,11,13-15,17-19H,3-8,10H2,1-2H3,(H,23,24)/t13-,14-,15-,17+,18-,19-,20-,21-/m0/s1. The fourth-order valence-electron chi connectivity index (χ4n) is 8.03. The molecule has 6 rings (SSSR count). The van der Waals surface area contributed by atoms with Gasteiger partial charge in [0.2, 0.25) is 6.41 Å². The van der Waals surface area contributed by atoms with E-state index in [9.17, 15) is 9.59 Å². The molecule has 6 heteroatoms. The van der Waals surface area contributed by atoms with E-state index in [0.717, 1.165) is 32.1 Å². The molecule has 2 saturated heterocycles. The summed E-state index contributed by atoms with van der Waals surface area (Å²) in [5.41, 5.74) is 0.851. The maximum Gasteiger partial charge on any atom is 0.207 e. The quantitative estimate of drug-likeness (QED) is 0.445. The summed E-state index contributed by atoms with van der Waals surface area (Å²) in [4.78, 5) is 24.6. The monoisotopic (exact) mass is 387 g/mol. The van der Waals surface area contributed by atoms with Crippen LogP contribution in [0.4, 0.5) is 0 Å². The molecular formula is C22H29NO5. The van der Waals surface area contributed by atoms with Gasteiger partial charge in [0.1, 0.15) is 11.9 Å². The summed E-state index contributed by atoms with van der Waals surface area (Å²) in [5, 5.41) is 2.89. The second-order valence-electron chi connectivity index (χ2n) is 10.1. The Morgan fingerprint density at radius 1 is 1.21 bits per heavy atom. The van der Waals surface area contributed by atoms with Crippen molar-refractivity contribution in [1.82, 2.24) is 5.32 Å². The van der Waals surface area contributed by atoms with Crippen molar-refractivity contribution in [2.24, 2.45) is 28.6 Å². The van der Waals surface area contributed by atoms with Crippen LogP contribution in [0.15, 0.2) is 11.6 Å². The van der Waals surface area contributed by atoms with Crippen LogP contribution in [0.5, 0.6) is 0 Å². The zero-order valence-corrected chi connectivity index (χ0v) is 16.6. The van der Waals surface area contributed by atoms with Crippen LogP contribution in [-0.4, -0.2) is 49.4 Å². The summed E-state index contributed by atoms with van der Waals surface area (Å²) in [5.74, 6) is 0.623. The van der Waals surface area contributed by atoms with Gasteiger partial charge in [-0.05, 0) is 31.1 Å². The van der Waals surface area contributed by atoms with Gasteiger partial charge in [-0.25, -0.2) is 0 Å². The van der Waals surface area contributed by atoms with Crippen molar-refractivity contribution in [3.05, 3.63) is 11.6 Å². The van der Waals surface area contributed by atoms with Gasteiger partial charge >= 0.3 is 0 Å². The molecule has 0 unspecified atom stereocenters. The van der Waals surface area contributed by atoms with Crippen molar-refractivity contribution in [3.8, 4) is 0 Å². The highest BCUT2D eigenvalue weighted by Crippen LogP contribution is 2.69. The number of ketones is 1. The Hall–Kier alpha value is -1.24. The summed E-state index contributed by atoms with van der Waals surface area (Å²) in [6.45, 7) is 5.75. The highest BCUT2D eigenvalue weighted by atomic mass is 16.7. The molecule has 5 fully saturated rings. The smallest absolute Gasteiger partial charge is 0.207 e. The van der Waals surface area contributed by atoms with E-state index in [1.807, 2.05) is 0 Å². The molecule has 0 radical (unpaired) electrons. The van der Waals surface area contributed by atoms with Gasteiger partial charge in [-0.2, -0.15) is 0 Å². The summed E-state index contributed by atoms with van der Waals surface area (Å²) in [6, 6.07) is -0.0545. The second-order valence-corrected chi connectivity index (χ2v) is 10.1. The van der Waals surface area contributed by atoms with Gasteiger partial charge in [0.15, 0.2) is 5.79 Å². The first-order valence-electron chi connectivity index (χ1n) is 10.8. The summed E-state index contributed by atoms with van der Waals surface area (Å²) < 4.78 is 18.4. The molecule has 1 amide bonds. The van der Waals surface area contributed by atoms with E-state index in [4.69, 9.17) is 14.2 Å². The largest absolute Gasteiger partial charge is 0.366 e. The summed E-state index contributed by atoms with van der Waals surface area (Å²) in [6.07, 6.45) is 7.51. The third kappa shape index (κ3) is 1.90. The zero-order chi connectivity index (χ0) is 19.3. The van der Waals surface area contributed by atoms with Crippen molar-refractivity contribution >= 4 is 12.2 Å². The van der Waals surface area contributed by atoms with E-state index in [1.54, 1.807) is 0 Å². The maximum atomic E-state index is 13.7. The lowest BCUT2D eigenvalue weighted by Gasteiger charge is -2.57. The number of fused-ring (bicyclic) bond motifs is 8. The fourth-order valence-corrected chi connectivity index (χ4v) is 8.03. The molecule has 2 heterocycles. The van der Waals surface area contributed by atoms with Crippen LogP contribution in [0.1, 0.15) is 46.0 Å². The molecular weight excluding hydrogens is 358 g/mol. The van der Waals surface area contributed by atoms with Crippen LogP contribution in [0.25, 0.3) is 0 Å². The molecule has 6 nitrogen and oxygen atoms in total. The third-order valence-electron chi connectivity index (χ3n) is 9.26. The molecule has 1 N–H and O–H groups in total. The third-order valence-corrected chi connectivity index (χ3v) is 9.26. The van der Waals surface area contributed by atoms with E-state index < -0.39 is 5.79 Å². The first-order valence-corrected chi connectivity index (χ1v) is 10.8. The molecule has 8 atom stereocenters. The van der Waals surface area contributed by atoms with E-state index in [1.165, 1.54) is 5.57 Å². The number of ether oxygens (including phenoxy) is 3. The van der Waals surface area contributed by atoms with E-state index in [2.05, 4.69) is 25.2 Å². The lowest BCUT2D eigenvalue weighted by Crippen LogP contribution is -2.60. The van der Waals surface area contributed by atoms with Crippen LogP contribution in [-0.2, 0) is 23.8 Å². The van der Waals surface area contributed by atoms with Crippen molar-refractivity contribution in [3.63, 3.8) is 0 Å². The lowest BCUT2D eigenvalue weighted by molar-refractivity contribution is -0.239. The normalized spacial score (nSPS) is 52.9. The summed E-state index contributed by atoms with van der Waals surface area (Å²) >= 11 is 0. The SMILES string of the molecule is C[C@@]12C(=C[C@H](NC=O)[C@@H]3O[C@@H]31)CC[C@@H]1[C@@H]2C(=O)C[C@@]2(C)[C@H]1CCC21OCCO1. The van der Waals surface area contributed by atoms with Crippen LogP contribution < -0.4 is 5.32 Å². The molecule has 2 aliphatic heterocycles. The molecule has 0 aromatic carbocycles. The van der Waals surface area contributed by atoms with Gasteiger partial charge in [-0.15, -0.1) is 0 Å². The first-order chi connectivity index (χ1) is 13.4. The first kappa shape index (κ1) is 17.6. The van der Waals surface area contributed by atoms with Crippen molar-refractivity contribution in [2.45, 2.75) is 70.0 Å². The number of Topliss-reactive ketones (excluding diaryl/α,β-unsaturated/α-hetero) is 1. The van der Waals surface area contributed by atoms with Gasteiger partial charge < -0.3 is 19.5 Å². The lowest BCUT2D eigenvalue weighted by atomic mass is 9.46. The van der Waals surface area contributed by atoms with E-state index in [-0.39, 0.29) is 35.0 Å². The average Bonchev–Trinajstić information content (AvgIpc) is 3.25. The van der Waals surface area contributed by atoms with E-state index in [0.29, 0.717) is 37.3 Å². The summed E-state index contributed by atoms with van der Waals surface area (Å²) in [7, 11) is 0. The minimum Gasteiger partial charge on any atom is -0.366 e. The van der Waals surface area contributed by atoms with Gasteiger partial charge in [-0.3, -0.25) is 9.59 Å². The van der Waals surface area contributed by atoms with Crippen molar-refractivity contribution < 1.29 is 23.8 Å². The second kappa shape index (κ2) is 5.46. The van der Waals surface area contributed by atoms with Crippen LogP contribution in [0, 0.1) is 28.6 Å². The number of carbonyl (C=O) groups is 2. The minimum atomic E-state index is -0.556. The zero-order valence-electron chi connectivity index (χ0n) is 16.6. The van der Waals surface area contributed by atoms with Gasteiger partial charge in [0, 0.05) is 29.6 Å². The molecule has 0 aromatic rings. The highest BCUT2D eigenvalue weighted by Gasteiger charge is 2.72. The van der Waals surface area contributed by atoms with Gasteiger partial charge in [-0.1, -0.05) is 25.5 Å². The molecule has 152 valence electrons. The Morgan fingerprint density at radius 3 is 2.75 bits per heavy atom. The Morgan fingerprint density at radius 2 is 2.00 bits per heavy atom. The number of hydrogen-bond acceptors (Lipinski definition) is 5. The van der Waals surface area contributed by atoms with Crippen LogP contribution in [0.2, 0.25) is 0 Å². The van der Waals surface area contributed by atoms with Crippen LogP contribution >= 0.6 is 0 Å². The molecule has 28 heavy (non-hydrogen) atoms. The Bertz CT molecular complexity index is 773. The number of epoxide rings is 1. The predicted octanol–water partition coefficient (Wildman–Crippen LogP) is 1.97. The molecule has 6 aliphatic rings. The topological polar surface area (TPSA) is 77.2 Å². The fraction of sp³-hybridized carbons (Fsp3) is 0.818. The number of hydrogen-bond donors (Lipinski definition) is 1. The number of amides is 1. The maximum absolute atomic E-state index is 13.7. The van der Waals surface area contributed by atoms with Crippen molar-refractivity contribution in [2.75, 3.05) is 13.2 Å². The predicted molar refractivity (Wildman–Crippen MR) is 99.1 cm³/mol. The van der Waals surface area contributed by atoms with E-state index >= 15 is 0 Å². The Kier molecular flexibility index (Phi) is 3.44. The minimum absolute atomic E-state index is 0.00862. The van der Waals surface area contributed by atoms with Gasteiger partial charge in [0.05, 0.1) is 25.4 Å². The molecule has 3 saturated carbocycles.